The Morgan fingerprint density at radius 3 is 2.76 bits per heavy atom. The van der Waals surface area contributed by atoms with Crippen LogP contribution in [0, 0.1) is 0 Å². The molecule has 0 unspecified atom stereocenters. The average molecular weight is 507 g/mol. The molecule has 4 heterocycles. The van der Waals surface area contributed by atoms with Crippen molar-refractivity contribution >= 4 is 34.0 Å². The maximum absolute atomic E-state index is 12.2. The third-order valence-corrected chi connectivity index (χ3v) is 8.20. The van der Waals surface area contributed by atoms with Crippen LogP contribution < -0.4 is 15.5 Å². The van der Waals surface area contributed by atoms with Gasteiger partial charge in [0.2, 0.25) is 5.91 Å². The van der Waals surface area contributed by atoms with E-state index < -0.39 is 0 Å². The highest BCUT2D eigenvalue weighted by Crippen LogP contribution is 2.41. The Balaban J connectivity index is 1.20. The van der Waals surface area contributed by atoms with E-state index in [1.54, 1.807) is 0 Å². The number of nitrogens with one attached hydrogen (secondary N) is 2. The van der Waals surface area contributed by atoms with E-state index in [0.717, 1.165) is 48.0 Å². The maximum Gasteiger partial charge on any atom is 0.247 e. The fraction of sp³-hybridized carbons (Fsp3) is 0.290. The van der Waals surface area contributed by atoms with Gasteiger partial charge >= 0.3 is 0 Å². The van der Waals surface area contributed by atoms with Crippen molar-refractivity contribution in [2.75, 3.05) is 42.2 Å². The lowest BCUT2D eigenvalue weighted by Gasteiger charge is -2.53. The Morgan fingerprint density at radius 1 is 1.13 bits per heavy atom. The first kappa shape index (κ1) is 24.2. The number of likely N-dealkylation sites (tertiary alicyclic amines) is 1. The van der Waals surface area contributed by atoms with Crippen molar-refractivity contribution < 1.29 is 4.79 Å². The number of amides is 1. The van der Waals surface area contributed by atoms with E-state index in [2.05, 4.69) is 105 Å². The number of aryl methyl sites for hydroxylation is 1. The Labute approximate surface area is 223 Å². The molecular formula is C31H34N6O. The molecule has 2 aromatic carbocycles. The second-order valence-corrected chi connectivity index (χ2v) is 10.6. The summed E-state index contributed by atoms with van der Waals surface area (Å²) < 4.78 is 2.16. The molecular weight excluding hydrogens is 472 g/mol. The van der Waals surface area contributed by atoms with Crippen LogP contribution in [0.25, 0.3) is 22.0 Å². The number of hydrogen-bond acceptors (Lipinski definition) is 5. The van der Waals surface area contributed by atoms with Crippen molar-refractivity contribution in [3.05, 3.63) is 85.2 Å². The van der Waals surface area contributed by atoms with Gasteiger partial charge in [0.1, 0.15) is 5.82 Å². The molecule has 0 radical (unpaired) electrons. The zero-order valence-corrected chi connectivity index (χ0v) is 22.1. The zero-order chi connectivity index (χ0) is 26.3. The van der Waals surface area contributed by atoms with E-state index in [1.807, 2.05) is 12.3 Å². The molecule has 38 heavy (non-hydrogen) atoms. The van der Waals surface area contributed by atoms with Gasteiger partial charge in [-0.2, -0.15) is 0 Å². The molecule has 0 bridgehead atoms. The normalized spacial score (nSPS) is 16.5. The summed E-state index contributed by atoms with van der Waals surface area (Å²) in [6, 6.07) is 18.9. The van der Waals surface area contributed by atoms with Crippen LogP contribution in [0.15, 0.2) is 79.6 Å². The largest absolute Gasteiger partial charge is 0.366 e. The van der Waals surface area contributed by atoms with Crippen LogP contribution in [-0.4, -0.2) is 52.6 Å². The number of anilines is 3. The average Bonchev–Trinajstić information content (AvgIpc) is 3.47. The number of aromatic nitrogens is 2. The molecule has 0 atom stereocenters. The fourth-order valence-electron chi connectivity index (χ4n) is 6.02. The minimum Gasteiger partial charge on any atom is -0.366 e. The number of nitrogens with zero attached hydrogens (tertiary/aromatic N) is 4. The topological polar surface area (TPSA) is 65.4 Å². The number of likely N-dealkylation sites (N-methyl/N-ethyl adjacent to an activating group) is 1. The summed E-state index contributed by atoms with van der Waals surface area (Å²) in [5.74, 6) is 0.610. The highest BCUT2D eigenvalue weighted by atomic mass is 16.1. The Kier molecular flexibility index (Phi) is 6.16. The predicted molar refractivity (Wildman–Crippen MR) is 156 cm³/mol. The van der Waals surface area contributed by atoms with E-state index in [0.29, 0.717) is 6.54 Å². The van der Waals surface area contributed by atoms with Crippen LogP contribution in [0.3, 0.4) is 0 Å². The SMILES string of the molecule is C=CC(=O)Nc1cc(CNc2cc(-c3cn(C)c4ccccc34)ccn2)ccc1N1CC2(CCCN2C)C1. The van der Waals surface area contributed by atoms with E-state index in [1.165, 1.54) is 35.4 Å². The molecule has 1 spiro atoms. The van der Waals surface area contributed by atoms with Gasteiger partial charge in [-0.15, -0.1) is 0 Å². The first-order chi connectivity index (χ1) is 18.5. The van der Waals surface area contributed by atoms with Crippen molar-refractivity contribution in [3.8, 4) is 11.1 Å². The summed E-state index contributed by atoms with van der Waals surface area (Å²) in [6.07, 6.45) is 7.82. The van der Waals surface area contributed by atoms with Gasteiger partial charge in [0, 0.05) is 55.5 Å². The number of carbonyl (C=O) groups excluding carboxylic acids is 1. The van der Waals surface area contributed by atoms with Crippen LogP contribution in [0.2, 0.25) is 0 Å². The highest BCUT2D eigenvalue weighted by Gasteiger charge is 2.48. The molecule has 2 saturated heterocycles. The summed E-state index contributed by atoms with van der Waals surface area (Å²) in [4.78, 5) is 21.6. The van der Waals surface area contributed by atoms with Crippen molar-refractivity contribution in [1.82, 2.24) is 14.5 Å². The van der Waals surface area contributed by atoms with Gasteiger partial charge < -0.3 is 20.1 Å². The van der Waals surface area contributed by atoms with E-state index in [4.69, 9.17) is 0 Å². The Hall–Kier alpha value is -4.10. The second kappa shape index (κ2) is 9.65. The van der Waals surface area contributed by atoms with Gasteiger partial charge in [-0.25, -0.2) is 4.98 Å². The number of fused-ring (bicyclic) bond motifs is 1. The highest BCUT2D eigenvalue weighted by molar-refractivity contribution is 6.01. The van der Waals surface area contributed by atoms with Crippen LogP contribution in [0.1, 0.15) is 18.4 Å². The standard InChI is InChI=1S/C31H34N6O/c1-4-30(38)34-26-16-22(10-11-28(26)37-20-31(21-37)13-7-15-36(31)3)18-33-29-17-23(12-14-32-29)25-19-35(2)27-9-6-5-8-24(25)27/h4-6,8-12,14,16-17,19H,1,7,13,15,18,20-21H2,2-3H3,(H,32,33)(H,34,38). The molecule has 2 fully saturated rings. The van der Waals surface area contributed by atoms with Crippen molar-refractivity contribution in [2.45, 2.75) is 24.9 Å². The third-order valence-electron chi connectivity index (χ3n) is 8.20. The van der Waals surface area contributed by atoms with Crippen LogP contribution in [0.4, 0.5) is 17.2 Å². The van der Waals surface area contributed by atoms with Gasteiger partial charge in [-0.1, -0.05) is 30.8 Å². The zero-order valence-electron chi connectivity index (χ0n) is 22.1. The summed E-state index contributed by atoms with van der Waals surface area (Å²) in [6.45, 7) is 7.36. The molecule has 7 heteroatoms. The first-order valence-electron chi connectivity index (χ1n) is 13.2. The van der Waals surface area contributed by atoms with Crippen LogP contribution in [0.5, 0.6) is 0 Å². The molecule has 2 aliphatic heterocycles. The monoisotopic (exact) mass is 506 g/mol. The number of rotatable bonds is 7. The lowest BCUT2D eigenvalue weighted by molar-refractivity contribution is -0.111. The number of carbonyl (C=O) groups is 1. The van der Waals surface area contributed by atoms with E-state index in [-0.39, 0.29) is 11.4 Å². The molecule has 1 amide bonds. The Bertz CT molecular complexity index is 1520. The predicted octanol–water partition coefficient (Wildman–Crippen LogP) is 5.26. The molecule has 194 valence electrons. The lowest BCUT2D eigenvalue weighted by Crippen LogP contribution is -2.67. The van der Waals surface area contributed by atoms with Gasteiger partial charge in [0.05, 0.1) is 16.9 Å². The van der Waals surface area contributed by atoms with Crippen molar-refractivity contribution in [3.63, 3.8) is 0 Å². The van der Waals surface area contributed by atoms with Crippen molar-refractivity contribution in [1.29, 1.82) is 0 Å². The Morgan fingerprint density at radius 2 is 1.97 bits per heavy atom. The minimum atomic E-state index is -0.200. The van der Waals surface area contributed by atoms with Gasteiger partial charge in [0.15, 0.2) is 0 Å². The van der Waals surface area contributed by atoms with E-state index in [9.17, 15) is 4.79 Å². The first-order valence-corrected chi connectivity index (χ1v) is 13.2. The summed E-state index contributed by atoms with van der Waals surface area (Å²) in [5, 5.41) is 7.73. The summed E-state index contributed by atoms with van der Waals surface area (Å²) >= 11 is 0. The third kappa shape index (κ3) is 4.33. The lowest BCUT2D eigenvalue weighted by atomic mass is 9.86. The molecule has 4 aromatic rings. The molecule has 0 saturated carbocycles. The molecule has 7 nitrogen and oxygen atoms in total. The maximum atomic E-state index is 12.2. The quantitative estimate of drug-likeness (QED) is 0.335. The molecule has 2 aliphatic rings. The number of pyridine rings is 1. The van der Waals surface area contributed by atoms with Crippen molar-refractivity contribution in [2.24, 2.45) is 7.05 Å². The van der Waals surface area contributed by atoms with Gasteiger partial charge in [-0.3, -0.25) is 9.69 Å². The summed E-state index contributed by atoms with van der Waals surface area (Å²) in [7, 11) is 4.30. The minimum absolute atomic E-state index is 0.200. The summed E-state index contributed by atoms with van der Waals surface area (Å²) in [5.41, 5.74) is 6.74. The fourth-order valence-corrected chi connectivity index (χ4v) is 6.02. The number of para-hydroxylation sites is 1. The molecule has 2 N–H and O–H groups in total. The number of hydrogen-bond donors (Lipinski definition) is 2. The molecule has 2 aromatic heterocycles. The van der Waals surface area contributed by atoms with Gasteiger partial charge in [0.25, 0.3) is 0 Å². The second-order valence-electron chi connectivity index (χ2n) is 10.6. The smallest absolute Gasteiger partial charge is 0.247 e. The van der Waals surface area contributed by atoms with Crippen LogP contribution in [-0.2, 0) is 18.4 Å². The molecule has 0 aliphatic carbocycles. The van der Waals surface area contributed by atoms with E-state index >= 15 is 0 Å². The molecule has 6 rings (SSSR count). The van der Waals surface area contributed by atoms with Gasteiger partial charge in [-0.05, 0) is 74.0 Å². The van der Waals surface area contributed by atoms with Crippen LogP contribution >= 0.6 is 0 Å². The number of benzene rings is 2.